The van der Waals surface area contributed by atoms with Crippen LogP contribution in [0.25, 0.3) is 0 Å². The molecule has 1 heterocycles. The zero-order valence-electron chi connectivity index (χ0n) is 8.93. The Morgan fingerprint density at radius 1 is 1.43 bits per heavy atom. The van der Waals surface area contributed by atoms with Crippen LogP contribution in [0.1, 0.15) is 25.6 Å². The highest BCUT2D eigenvalue weighted by Crippen LogP contribution is 2.03. The van der Waals surface area contributed by atoms with E-state index in [1.54, 1.807) is 7.11 Å². The van der Waals surface area contributed by atoms with E-state index >= 15 is 0 Å². The summed E-state index contributed by atoms with van der Waals surface area (Å²) in [5, 5.41) is 7.95. The highest BCUT2D eigenvalue weighted by atomic mass is 16.5. The Labute approximate surface area is 84.0 Å². The van der Waals surface area contributed by atoms with E-state index < -0.39 is 0 Å². The molecule has 0 spiro atoms. The molecular weight excluding hydrogens is 182 g/mol. The highest BCUT2D eigenvalue weighted by Gasteiger charge is 2.02. The Balaban J connectivity index is 2.29. The Bertz CT molecular complexity index is 260. The first kappa shape index (κ1) is 11.1. The molecule has 0 saturated carbocycles. The molecule has 14 heavy (non-hydrogen) atoms. The minimum atomic E-state index is 0.343. The molecule has 0 radical (unpaired) electrons. The van der Waals surface area contributed by atoms with Crippen LogP contribution in [0, 0.1) is 0 Å². The van der Waals surface area contributed by atoms with Crippen molar-refractivity contribution in [2.24, 2.45) is 0 Å². The molecule has 0 bridgehead atoms. The van der Waals surface area contributed by atoms with E-state index in [4.69, 9.17) is 9.47 Å². The summed E-state index contributed by atoms with van der Waals surface area (Å²) in [4.78, 5) is 0. The van der Waals surface area contributed by atoms with Gasteiger partial charge in [0.05, 0.1) is 26.0 Å². The minimum absolute atomic E-state index is 0.343. The molecule has 0 fully saturated rings. The minimum Gasteiger partial charge on any atom is -0.382 e. The first-order valence-electron chi connectivity index (χ1n) is 4.71. The van der Waals surface area contributed by atoms with Crippen molar-refractivity contribution in [2.75, 3.05) is 20.3 Å². The summed E-state index contributed by atoms with van der Waals surface area (Å²) in [5.74, 6) is 0. The normalized spacial score (nSPS) is 11.1. The molecule has 0 unspecified atom stereocenters. The van der Waals surface area contributed by atoms with Crippen molar-refractivity contribution in [3.05, 3.63) is 11.9 Å². The van der Waals surface area contributed by atoms with Gasteiger partial charge in [0, 0.05) is 13.2 Å². The highest BCUT2D eigenvalue weighted by molar-refractivity contribution is 4.90. The molecule has 80 valence electrons. The SMILES string of the molecule is COCCOCc1cn(C(C)C)nn1. The fraction of sp³-hybridized carbons (Fsp3) is 0.778. The molecule has 1 aromatic rings. The molecule has 5 heteroatoms. The van der Waals surface area contributed by atoms with E-state index in [9.17, 15) is 0 Å². The van der Waals surface area contributed by atoms with Crippen LogP contribution in [0.15, 0.2) is 6.20 Å². The van der Waals surface area contributed by atoms with Crippen LogP contribution in [0.2, 0.25) is 0 Å². The summed E-state index contributed by atoms with van der Waals surface area (Å²) in [6.45, 7) is 5.81. The molecule has 5 nitrogen and oxygen atoms in total. The van der Waals surface area contributed by atoms with E-state index in [2.05, 4.69) is 24.2 Å². The van der Waals surface area contributed by atoms with Gasteiger partial charge in [-0.3, -0.25) is 0 Å². The fourth-order valence-corrected chi connectivity index (χ4v) is 0.951. The van der Waals surface area contributed by atoms with Crippen LogP contribution in [-0.2, 0) is 16.1 Å². The number of rotatable bonds is 6. The van der Waals surface area contributed by atoms with E-state index in [0.29, 0.717) is 25.9 Å². The zero-order chi connectivity index (χ0) is 10.4. The van der Waals surface area contributed by atoms with Crippen molar-refractivity contribution in [3.63, 3.8) is 0 Å². The second-order valence-corrected chi connectivity index (χ2v) is 3.33. The van der Waals surface area contributed by atoms with E-state index in [1.165, 1.54) is 0 Å². The van der Waals surface area contributed by atoms with Crippen LogP contribution in [0.5, 0.6) is 0 Å². The molecule has 1 aromatic heterocycles. The van der Waals surface area contributed by atoms with Crippen molar-refractivity contribution in [1.29, 1.82) is 0 Å². The molecule has 1 rings (SSSR count). The average Bonchev–Trinajstić information content (AvgIpc) is 2.61. The molecule has 0 aliphatic rings. The third-order valence-electron chi connectivity index (χ3n) is 1.77. The van der Waals surface area contributed by atoms with Crippen molar-refractivity contribution < 1.29 is 9.47 Å². The number of aromatic nitrogens is 3. The molecule has 0 aliphatic carbocycles. The third-order valence-corrected chi connectivity index (χ3v) is 1.77. The van der Waals surface area contributed by atoms with Gasteiger partial charge < -0.3 is 9.47 Å². The number of methoxy groups -OCH3 is 1. The van der Waals surface area contributed by atoms with Crippen LogP contribution in [0.3, 0.4) is 0 Å². The Morgan fingerprint density at radius 2 is 2.21 bits per heavy atom. The quantitative estimate of drug-likeness (QED) is 0.642. The molecule has 0 amide bonds. The van der Waals surface area contributed by atoms with E-state index in [-0.39, 0.29) is 0 Å². The summed E-state index contributed by atoms with van der Waals surface area (Å²) in [6, 6.07) is 0.343. The zero-order valence-corrected chi connectivity index (χ0v) is 8.93. The van der Waals surface area contributed by atoms with Gasteiger partial charge in [-0.25, -0.2) is 4.68 Å². The van der Waals surface area contributed by atoms with Crippen LogP contribution >= 0.6 is 0 Å². The summed E-state index contributed by atoms with van der Waals surface area (Å²) < 4.78 is 12.0. The van der Waals surface area contributed by atoms with Crippen molar-refractivity contribution in [1.82, 2.24) is 15.0 Å². The molecule has 0 saturated heterocycles. The van der Waals surface area contributed by atoms with Gasteiger partial charge in [-0.2, -0.15) is 0 Å². The van der Waals surface area contributed by atoms with Gasteiger partial charge in [0.1, 0.15) is 5.69 Å². The topological polar surface area (TPSA) is 49.2 Å². The van der Waals surface area contributed by atoms with Crippen molar-refractivity contribution in [3.8, 4) is 0 Å². The lowest BCUT2D eigenvalue weighted by atomic mass is 10.4. The predicted octanol–water partition coefficient (Wildman–Crippen LogP) is 1.02. The molecular formula is C9H17N3O2. The van der Waals surface area contributed by atoms with Crippen LogP contribution in [0.4, 0.5) is 0 Å². The van der Waals surface area contributed by atoms with Gasteiger partial charge in [0.2, 0.25) is 0 Å². The van der Waals surface area contributed by atoms with Crippen molar-refractivity contribution >= 4 is 0 Å². The van der Waals surface area contributed by atoms with Gasteiger partial charge in [0.25, 0.3) is 0 Å². The van der Waals surface area contributed by atoms with E-state index in [1.807, 2.05) is 10.9 Å². The summed E-state index contributed by atoms with van der Waals surface area (Å²) in [7, 11) is 1.65. The summed E-state index contributed by atoms with van der Waals surface area (Å²) >= 11 is 0. The lowest BCUT2D eigenvalue weighted by Crippen LogP contribution is -2.02. The fourth-order valence-electron chi connectivity index (χ4n) is 0.951. The molecule has 0 aromatic carbocycles. The maximum atomic E-state index is 5.31. The van der Waals surface area contributed by atoms with Gasteiger partial charge in [-0.15, -0.1) is 5.10 Å². The summed E-state index contributed by atoms with van der Waals surface area (Å²) in [5.41, 5.74) is 0.856. The predicted molar refractivity (Wildman–Crippen MR) is 51.9 cm³/mol. The second kappa shape index (κ2) is 5.72. The number of nitrogens with zero attached hydrogens (tertiary/aromatic N) is 3. The second-order valence-electron chi connectivity index (χ2n) is 3.33. The maximum absolute atomic E-state index is 5.31. The van der Waals surface area contributed by atoms with Crippen molar-refractivity contribution in [2.45, 2.75) is 26.5 Å². The van der Waals surface area contributed by atoms with Crippen LogP contribution < -0.4 is 0 Å². The molecule has 0 atom stereocenters. The molecule has 0 N–H and O–H groups in total. The van der Waals surface area contributed by atoms with Gasteiger partial charge in [-0.05, 0) is 13.8 Å². The Hall–Kier alpha value is -0.940. The van der Waals surface area contributed by atoms with Crippen LogP contribution in [-0.4, -0.2) is 35.3 Å². The largest absolute Gasteiger partial charge is 0.382 e. The first-order chi connectivity index (χ1) is 6.74. The van der Waals surface area contributed by atoms with Gasteiger partial charge >= 0.3 is 0 Å². The third kappa shape index (κ3) is 3.43. The smallest absolute Gasteiger partial charge is 0.108 e. The molecule has 0 aliphatic heterocycles. The number of hydrogen-bond acceptors (Lipinski definition) is 4. The first-order valence-corrected chi connectivity index (χ1v) is 4.71. The lowest BCUT2D eigenvalue weighted by Gasteiger charge is -2.01. The number of ether oxygens (including phenoxy) is 2. The standard InChI is InChI=1S/C9H17N3O2/c1-8(2)12-6-9(10-11-12)7-14-5-4-13-3/h6,8H,4-5,7H2,1-3H3. The van der Waals surface area contributed by atoms with Gasteiger partial charge in [-0.1, -0.05) is 5.21 Å². The number of hydrogen-bond donors (Lipinski definition) is 0. The monoisotopic (exact) mass is 199 g/mol. The van der Waals surface area contributed by atoms with E-state index in [0.717, 1.165) is 5.69 Å². The maximum Gasteiger partial charge on any atom is 0.108 e. The Kier molecular flexibility index (Phi) is 4.55. The van der Waals surface area contributed by atoms with Gasteiger partial charge in [0.15, 0.2) is 0 Å². The summed E-state index contributed by atoms with van der Waals surface area (Å²) in [6.07, 6.45) is 1.90. The lowest BCUT2D eigenvalue weighted by molar-refractivity contribution is 0.0601. The Morgan fingerprint density at radius 3 is 2.79 bits per heavy atom. The average molecular weight is 199 g/mol.